The van der Waals surface area contributed by atoms with Crippen molar-refractivity contribution in [3.05, 3.63) is 72.3 Å². The van der Waals surface area contributed by atoms with Crippen LogP contribution >= 0.6 is 0 Å². The number of carbonyl (C=O) groups is 1. The van der Waals surface area contributed by atoms with E-state index in [-0.39, 0.29) is 0 Å². The summed E-state index contributed by atoms with van der Waals surface area (Å²) < 4.78 is 15.6. The fraction of sp³-hybridized carbons (Fsp3) is 0.136. The van der Waals surface area contributed by atoms with Crippen LogP contribution < -0.4 is 9.47 Å². The summed E-state index contributed by atoms with van der Waals surface area (Å²) in [7, 11) is 4.54. The molecule has 26 heavy (non-hydrogen) atoms. The van der Waals surface area contributed by atoms with Crippen LogP contribution in [0.15, 0.2) is 66.7 Å². The fourth-order valence-electron chi connectivity index (χ4n) is 2.88. The first-order valence-electron chi connectivity index (χ1n) is 8.18. The average Bonchev–Trinajstić information content (AvgIpc) is 2.73. The lowest BCUT2D eigenvalue weighted by Crippen LogP contribution is -2.05. The van der Waals surface area contributed by atoms with E-state index in [1.807, 2.05) is 66.7 Å². The van der Waals surface area contributed by atoms with Gasteiger partial charge in [0.1, 0.15) is 17.1 Å². The van der Waals surface area contributed by atoms with Gasteiger partial charge in [-0.15, -0.1) is 0 Å². The van der Waals surface area contributed by atoms with Crippen molar-refractivity contribution in [2.75, 3.05) is 21.3 Å². The molecule has 0 aliphatic rings. The van der Waals surface area contributed by atoms with Crippen molar-refractivity contribution in [1.29, 1.82) is 0 Å². The molecule has 0 amide bonds. The lowest BCUT2D eigenvalue weighted by Gasteiger charge is -2.16. The summed E-state index contributed by atoms with van der Waals surface area (Å²) in [6, 6.07) is 21.4. The third-order valence-corrected chi connectivity index (χ3v) is 4.23. The molecule has 0 heterocycles. The van der Waals surface area contributed by atoms with Crippen molar-refractivity contribution in [2.24, 2.45) is 0 Å². The molecule has 0 N–H and O–H groups in total. The summed E-state index contributed by atoms with van der Waals surface area (Å²) in [6.45, 7) is 0. The van der Waals surface area contributed by atoms with Gasteiger partial charge in [0.2, 0.25) is 0 Å². The highest BCUT2D eigenvalue weighted by Crippen LogP contribution is 2.38. The Kier molecular flexibility index (Phi) is 5.23. The van der Waals surface area contributed by atoms with Crippen molar-refractivity contribution in [1.82, 2.24) is 0 Å². The number of hydrogen-bond donors (Lipinski definition) is 0. The predicted molar refractivity (Wildman–Crippen MR) is 102 cm³/mol. The van der Waals surface area contributed by atoms with Crippen molar-refractivity contribution >= 4 is 5.97 Å². The van der Waals surface area contributed by atoms with E-state index in [1.165, 1.54) is 7.11 Å². The van der Waals surface area contributed by atoms with E-state index in [0.29, 0.717) is 11.3 Å². The molecule has 132 valence electrons. The van der Waals surface area contributed by atoms with Crippen molar-refractivity contribution in [3.63, 3.8) is 0 Å². The topological polar surface area (TPSA) is 44.8 Å². The minimum absolute atomic E-state index is 0.389. The van der Waals surface area contributed by atoms with Gasteiger partial charge in [-0.05, 0) is 46.5 Å². The maximum absolute atomic E-state index is 12.2. The zero-order valence-corrected chi connectivity index (χ0v) is 15.0. The van der Waals surface area contributed by atoms with Crippen LogP contribution in [0.4, 0.5) is 0 Å². The maximum Gasteiger partial charge on any atom is 0.341 e. The SMILES string of the molecule is COC(=O)c1cc(-c2ccc(OC)cc2)c(-c2ccccc2)cc1OC. The molecule has 0 fully saturated rings. The molecule has 0 aromatic heterocycles. The number of benzene rings is 3. The molecule has 0 saturated heterocycles. The molecule has 0 aliphatic carbocycles. The Morgan fingerprint density at radius 3 is 1.92 bits per heavy atom. The molecule has 0 bridgehead atoms. The average molecular weight is 348 g/mol. The van der Waals surface area contributed by atoms with Crippen LogP contribution in [0, 0.1) is 0 Å². The van der Waals surface area contributed by atoms with Crippen LogP contribution in [0.1, 0.15) is 10.4 Å². The zero-order valence-electron chi connectivity index (χ0n) is 15.0. The molecular formula is C22H20O4. The third kappa shape index (κ3) is 3.40. The van der Waals surface area contributed by atoms with Crippen LogP contribution in [0.2, 0.25) is 0 Å². The summed E-state index contributed by atoms with van der Waals surface area (Å²) in [6.07, 6.45) is 0. The Morgan fingerprint density at radius 2 is 1.35 bits per heavy atom. The van der Waals surface area contributed by atoms with Crippen LogP contribution in [-0.2, 0) is 4.74 Å². The molecule has 3 aromatic carbocycles. The quantitative estimate of drug-likeness (QED) is 0.620. The first-order valence-corrected chi connectivity index (χ1v) is 8.18. The van der Waals surface area contributed by atoms with Gasteiger partial charge >= 0.3 is 5.97 Å². The van der Waals surface area contributed by atoms with Crippen LogP contribution in [-0.4, -0.2) is 27.3 Å². The van der Waals surface area contributed by atoms with Gasteiger partial charge in [0.15, 0.2) is 0 Å². The molecule has 0 spiro atoms. The second-order valence-corrected chi connectivity index (χ2v) is 5.68. The molecule has 0 radical (unpaired) electrons. The van der Waals surface area contributed by atoms with Gasteiger partial charge in [-0.25, -0.2) is 4.79 Å². The number of esters is 1. The van der Waals surface area contributed by atoms with E-state index in [4.69, 9.17) is 14.2 Å². The molecular weight excluding hydrogens is 328 g/mol. The minimum Gasteiger partial charge on any atom is -0.497 e. The monoisotopic (exact) mass is 348 g/mol. The van der Waals surface area contributed by atoms with Gasteiger partial charge in [0.25, 0.3) is 0 Å². The second-order valence-electron chi connectivity index (χ2n) is 5.68. The number of methoxy groups -OCH3 is 3. The molecule has 0 unspecified atom stereocenters. The van der Waals surface area contributed by atoms with E-state index in [2.05, 4.69) is 0 Å². The van der Waals surface area contributed by atoms with Gasteiger partial charge in [0.05, 0.1) is 21.3 Å². The highest BCUT2D eigenvalue weighted by Gasteiger charge is 2.18. The van der Waals surface area contributed by atoms with Gasteiger partial charge in [-0.1, -0.05) is 42.5 Å². The second kappa shape index (κ2) is 7.74. The Bertz CT molecular complexity index is 899. The highest BCUT2D eigenvalue weighted by atomic mass is 16.5. The van der Waals surface area contributed by atoms with Crippen LogP contribution in [0.3, 0.4) is 0 Å². The van der Waals surface area contributed by atoms with Gasteiger partial charge in [-0.3, -0.25) is 0 Å². The molecule has 3 rings (SSSR count). The van der Waals surface area contributed by atoms with Gasteiger partial charge in [-0.2, -0.15) is 0 Å². The van der Waals surface area contributed by atoms with Gasteiger partial charge in [0, 0.05) is 0 Å². The number of hydrogen-bond acceptors (Lipinski definition) is 4. The summed E-state index contributed by atoms with van der Waals surface area (Å²) in [5.74, 6) is 0.820. The van der Waals surface area contributed by atoms with Crippen LogP contribution in [0.5, 0.6) is 11.5 Å². The number of ether oxygens (including phenoxy) is 3. The first-order chi connectivity index (χ1) is 12.7. The minimum atomic E-state index is -0.434. The first kappa shape index (κ1) is 17.5. The van der Waals surface area contributed by atoms with Gasteiger partial charge < -0.3 is 14.2 Å². The molecule has 0 saturated carbocycles. The lowest BCUT2D eigenvalue weighted by molar-refractivity contribution is 0.0597. The van der Waals surface area contributed by atoms with Crippen LogP contribution in [0.25, 0.3) is 22.3 Å². The van der Waals surface area contributed by atoms with E-state index in [9.17, 15) is 4.79 Å². The van der Waals surface area contributed by atoms with Crippen molar-refractivity contribution in [2.45, 2.75) is 0 Å². The Morgan fingerprint density at radius 1 is 0.731 bits per heavy atom. The smallest absolute Gasteiger partial charge is 0.341 e. The fourth-order valence-corrected chi connectivity index (χ4v) is 2.88. The zero-order chi connectivity index (χ0) is 18.5. The van der Waals surface area contributed by atoms with Crippen molar-refractivity contribution < 1.29 is 19.0 Å². The van der Waals surface area contributed by atoms with Crippen molar-refractivity contribution in [3.8, 4) is 33.8 Å². The molecule has 4 heteroatoms. The summed E-state index contributed by atoms with van der Waals surface area (Å²) >= 11 is 0. The van der Waals surface area contributed by atoms with E-state index in [1.54, 1.807) is 14.2 Å². The largest absolute Gasteiger partial charge is 0.497 e. The molecule has 4 nitrogen and oxygen atoms in total. The standard InChI is InChI=1S/C22H20O4/c1-24-17-11-9-16(10-12-17)18-13-20(22(23)26-3)21(25-2)14-19(18)15-7-5-4-6-8-15/h4-14H,1-3H3. The summed E-state index contributed by atoms with van der Waals surface area (Å²) in [4.78, 5) is 12.2. The third-order valence-electron chi connectivity index (χ3n) is 4.23. The number of rotatable bonds is 5. The Labute approximate surface area is 153 Å². The van der Waals surface area contributed by atoms with E-state index >= 15 is 0 Å². The normalized spacial score (nSPS) is 10.3. The van der Waals surface area contributed by atoms with E-state index in [0.717, 1.165) is 28.0 Å². The Balaban J connectivity index is 2.25. The molecule has 0 atom stereocenters. The lowest BCUT2D eigenvalue weighted by atomic mass is 9.92. The predicted octanol–water partition coefficient (Wildman–Crippen LogP) is 4.82. The summed E-state index contributed by atoms with van der Waals surface area (Å²) in [5, 5.41) is 0. The van der Waals surface area contributed by atoms with E-state index < -0.39 is 5.97 Å². The number of carbonyl (C=O) groups excluding carboxylic acids is 1. The molecule has 0 aliphatic heterocycles. The highest BCUT2D eigenvalue weighted by molar-refractivity contribution is 5.97. The Hall–Kier alpha value is -3.27. The molecule has 3 aromatic rings. The maximum atomic E-state index is 12.2. The summed E-state index contributed by atoms with van der Waals surface area (Å²) in [5.41, 5.74) is 4.28.